The Hall–Kier alpha value is 0.270. The lowest BCUT2D eigenvalue weighted by Gasteiger charge is -2.27. The molecule has 0 aromatic heterocycles. The van der Waals surface area contributed by atoms with Gasteiger partial charge in [-0.3, -0.25) is 0 Å². The first-order chi connectivity index (χ1) is 7.29. The summed E-state index contributed by atoms with van der Waals surface area (Å²) in [6.07, 6.45) is 3.60. The van der Waals surface area contributed by atoms with Crippen LogP contribution >= 0.6 is 18.4 Å². The van der Waals surface area contributed by atoms with Crippen LogP contribution in [0.15, 0.2) is 12.7 Å². The predicted molar refractivity (Wildman–Crippen MR) is 74.0 cm³/mol. The molecule has 5 heteroatoms. The van der Waals surface area contributed by atoms with E-state index in [1.54, 1.807) is 5.11 Å². The van der Waals surface area contributed by atoms with E-state index in [0.29, 0.717) is 0 Å². The van der Waals surface area contributed by atoms with Gasteiger partial charge >= 0.3 is 0 Å². The van der Waals surface area contributed by atoms with Crippen LogP contribution in [0, 0.1) is 0 Å². The molecule has 0 radical (unpaired) electrons. The zero-order chi connectivity index (χ0) is 12.8. The maximum atomic E-state index is 12.4. The molecule has 0 rings (SSSR count). The number of hydrogen-bond donors (Lipinski definition) is 0. The molecule has 0 aliphatic rings. The molecule has 0 aromatic carbocycles. The fraction of sp³-hybridized carbons (Fsp3) is 0.727. The number of hydrogen-bond acceptors (Lipinski definition) is 3. The molecule has 1 atom stereocenters. The van der Waals surface area contributed by atoms with Crippen LogP contribution in [0.2, 0.25) is 0 Å². The minimum absolute atomic E-state index is 0.110. The van der Waals surface area contributed by atoms with Gasteiger partial charge in [-0.15, -0.1) is 17.1 Å². The predicted octanol–water partition coefficient (Wildman–Crippen LogP) is 2.80. The molecule has 0 heterocycles. The summed E-state index contributed by atoms with van der Waals surface area (Å²) in [6.45, 7) is 11.1. The molecule has 96 valence electrons. The highest BCUT2D eigenvalue weighted by atomic mass is 32.2. The zero-order valence-corrected chi connectivity index (χ0v) is 12.5. The van der Waals surface area contributed by atoms with Crippen molar-refractivity contribution in [2.24, 2.45) is 0 Å². The van der Waals surface area contributed by atoms with Crippen LogP contribution in [0.25, 0.3) is 0 Å². The van der Waals surface area contributed by atoms with E-state index < -0.39 is 7.94 Å². The van der Waals surface area contributed by atoms with Crippen molar-refractivity contribution in [3.8, 4) is 0 Å². The summed E-state index contributed by atoms with van der Waals surface area (Å²) in [5.74, 6) is 0.799. The second kappa shape index (κ2) is 7.57. The SMILES string of the molecule is C=CCS(C)=C[P+]([O-])(OC(C)C)OC(C)C. The second-order valence-corrected chi connectivity index (χ2v) is 8.16. The van der Waals surface area contributed by atoms with Gasteiger partial charge in [-0.2, -0.15) is 0 Å². The fourth-order valence-electron chi connectivity index (χ4n) is 1.11. The first kappa shape index (κ1) is 16.3. The average Bonchev–Trinajstić information content (AvgIpc) is 1.98. The van der Waals surface area contributed by atoms with Gasteiger partial charge in [0.2, 0.25) is 0 Å². The van der Waals surface area contributed by atoms with E-state index in [4.69, 9.17) is 9.05 Å². The molecule has 0 saturated heterocycles. The van der Waals surface area contributed by atoms with Crippen LogP contribution < -0.4 is 4.89 Å². The van der Waals surface area contributed by atoms with Crippen molar-refractivity contribution >= 4 is 23.5 Å². The van der Waals surface area contributed by atoms with Crippen LogP contribution in [0.1, 0.15) is 27.7 Å². The van der Waals surface area contributed by atoms with Crippen molar-refractivity contribution in [2.45, 2.75) is 39.9 Å². The molecule has 0 fully saturated rings. The van der Waals surface area contributed by atoms with Crippen molar-refractivity contribution in [3.05, 3.63) is 12.7 Å². The smallest absolute Gasteiger partial charge is 0.270 e. The first-order valence-electron chi connectivity index (χ1n) is 5.34. The molecule has 3 nitrogen and oxygen atoms in total. The maximum Gasteiger partial charge on any atom is 0.270 e. The Labute approximate surface area is 102 Å². The van der Waals surface area contributed by atoms with E-state index in [-0.39, 0.29) is 22.7 Å². The topological polar surface area (TPSA) is 41.5 Å². The molecule has 0 aliphatic heterocycles. The highest BCUT2D eigenvalue weighted by Crippen LogP contribution is 2.53. The Morgan fingerprint density at radius 1 is 1.25 bits per heavy atom. The van der Waals surface area contributed by atoms with E-state index in [1.807, 2.05) is 40.0 Å². The molecule has 0 aromatic rings. The highest BCUT2D eigenvalue weighted by Gasteiger charge is 2.31. The number of rotatable bonds is 7. The largest absolute Gasteiger partial charge is 0.627 e. The third kappa shape index (κ3) is 7.53. The van der Waals surface area contributed by atoms with E-state index in [9.17, 15) is 4.89 Å². The molecular formula is C11H23O3PS. The molecule has 0 aliphatic carbocycles. The van der Waals surface area contributed by atoms with Gasteiger partial charge in [-0.25, -0.2) is 9.05 Å². The minimum Gasteiger partial charge on any atom is -0.627 e. The third-order valence-corrected chi connectivity index (χ3v) is 6.07. The highest BCUT2D eigenvalue weighted by molar-refractivity contribution is 8.21. The average molecular weight is 266 g/mol. The Balaban J connectivity index is 4.76. The van der Waals surface area contributed by atoms with Crippen molar-refractivity contribution in [3.63, 3.8) is 0 Å². The summed E-state index contributed by atoms with van der Waals surface area (Å²) in [7, 11) is -3.21. The first-order valence-corrected chi connectivity index (χ1v) is 8.81. The van der Waals surface area contributed by atoms with Gasteiger partial charge in [-0.1, -0.05) is 6.08 Å². The van der Waals surface area contributed by atoms with Crippen molar-refractivity contribution in [2.75, 3.05) is 12.0 Å². The van der Waals surface area contributed by atoms with Crippen LogP contribution in [-0.4, -0.2) is 29.3 Å². The van der Waals surface area contributed by atoms with E-state index in [1.165, 1.54) is 0 Å². The Morgan fingerprint density at radius 3 is 2.00 bits per heavy atom. The molecule has 16 heavy (non-hydrogen) atoms. The molecule has 1 unspecified atom stereocenters. The third-order valence-electron chi connectivity index (χ3n) is 1.41. The zero-order valence-electron chi connectivity index (χ0n) is 10.8. The van der Waals surface area contributed by atoms with Gasteiger partial charge in [0, 0.05) is 5.75 Å². The van der Waals surface area contributed by atoms with Crippen molar-refractivity contribution in [1.29, 1.82) is 0 Å². The molecule has 0 spiro atoms. The Kier molecular flexibility index (Phi) is 7.70. The van der Waals surface area contributed by atoms with Crippen molar-refractivity contribution < 1.29 is 13.9 Å². The normalized spacial score (nSPS) is 14.8. The van der Waals surface area contributed by atoms with Gasteiger partial charge in [0.25, 0.3) is 7.94 Å². The molecule has 0 N–H and O–H groups in total. The van der Waals surface area contributed by atoms with E-state index in [2.05, 4.69) is 6.58 Å². The molecule has 0 amide bonds. The summed E-state index contributed by atoms with van der Waals surface area (Å²) >= 11 is 0. The van der Waals surface area contributed by atoms with Gasteiger partial charge in [0.15, 0.2) is 0 Å². The van der Waals surface area contributed by atoms with E-state index >= 15 is 0 Å². The lowest BCUT2D eigenvalue weighted by Crippen LogP contribution is -2.23. The van der Waals surface area contributed by atoms with Crippen LogP contribution in [-0.2, 0) is 9.05 Å². The summed E-state index contributed by atoms with van der Waals surface area (Å²) in [4.78, 5) is 12.4. The molecular weight excluding hydrogens is 243 g/mol. The Morgan fingerprint density at radius 2 is 1.69 bits per heavy atom. The summed E-state index contributed by atoms with van der Waals surface area (Å²) in [5.41, 5.74) is 0. The van der Waals surface area contributed by atoms with Gasteiger partial charge in [0.05, 0.1) is 12.2 Å². The van der Waals surface area contributed by atoms with Gasteiger partial charge in [-0.05, 0) is 34.0 Å². The second-order valence-electron chi connectivity index (χ2n) is 4.10. The lowest BCUT2D eigenvalue weighted by atomic mass is 10.5. The van der Waals surface area contributed by atoms with E-state index in [0.717, 1.165) is 5.75 Å². The van der Waals surface area contributed by atoms with Gasteiger partial charge < -0.3 is 4.89 Å². The van der Waals surface area contributed by atoms with Crippen LogP contribution in [0.5, 0.6) is 0 Å². The monoisotopic (exact) mass is 266 g/mol. The minimum atomic E-state index is -3.08. The van der Waals surface area contributed by atoms with Crippen LogP contribution in [0.3, 0.4) is 0 Å². The van der Waals surface area contributed by atoms with Crippen LogP contribution in [0.4, 0.5) is 0 Å². The molecule has 0 saturated carbocycles. The van der Waals surface area contributed by atoms with Gasteiger partial charge in [0.1, 0.15) is 5.11 Å². The summed E-state index contributed by atoms with van der Waals surface area (Å²) < 4.78 is 10.8. The maximum absolute atomic E-state index is 12.4. The summed E-state index contributed by atoms with van der Waals surface area (Å²) in [6, 6.07) is 0. The fourth-order valence-corrected chi connectivity index (χ4v) is 5.21. The quantitative estimate of drug-likeness (QED) is 0.404. The molecule has 0 bridgehead atoms. The Bertz CT molecular complexity index is 242. The lowest BCUT2D eigenvalue weighted by molar-refractivity contribution is -0.217. The van der Waals surface area contributed by atoms with Crippen molar-refractivity contribution in [1.82, 2.24) is 0 Å². The summed E-state index contributed by atoms with van der Waals surface area (Å²) in [5, 5.41) is 1.70. The standard InChI is InChI=1S/C11H23O3PS/c1-7-8-16(6)9-15(12,13-10(2)3)14-11(4)5/h7,9-11H,1,8H2,2-6H3.